The summed E-state index contributed by atoms with van der Waals surface area (Å²) in [5.74, 6) is -0.160. The molecule has 0 aliphatic rings. The van der Waals surface area contributed by atoms with Gasteiger partial charge in [-0.1, -0.05) is 0 Å². The van der Waals surface area contributed by atoms with Crippen LogP contribution in [0.5, 0.6) is 5.75 Å². The first kappa shape index (κ1) is 15.3. The summed E-state index contributed by atoms with van der Waals surface area (Å²) in [4.78, 5) is 0.00874. The number of nitrogen functional groups attached to an aromatic ring is 1. The van der Waals surface area contributed by atoms with E-state index in [9.17, 15) is 13.5 Å². The number of hydrogen-bond donors (Lipinski definition) is 2. The van der Waals surface area contributed by atoms with Gasteiger partial charge in [0.25, 0.3) is 0 Å². The van der Waals surface area contributed by atoms with Crippen molar-refractivity contribution in [2.24, 2.45) is 0 Å². The second-order valence-corrected chi connectivity index (χ2v) is 6.23. The Balaban J connectivity index is 3.19. The fourth-order valence-corrected chi connectivity index (χ4v) is 3.32. The predicted molar refractivity (Wildman–Crippen MR) is 71.8 cm³/mol. The molecule has 1 aromatic carbocycles. The number of nitrogens with zero attached hydrogens (tertiary/aromatic N) is 2. The molecule has 0 heterocycles. The maximum atomic E-state index is 12.4. The molecule has 19 heavy (non-hydrogen) atoms. The molecule has 1 rings (SSSR count). The number of sulfonamides is 1. The quantitative estimate of drug-likeness (QED) is 0.625. The van der Waals surface area contributed by atoms with E-state index in [4.69, 9.17) is 11.0 Å². The highest BCUT2D eigenvalue weighted by molar-refractivity contribution is 7.89. The number of anilines is 1. The van der Waals surface area contributed by atoms with E-state index in [0.717, 1.165) is 0 Å². The summed E-state index contributed by atoms with van der Waals surface area (Å²) in [7, 11) is -3.72. The van der Waals surface area contributed by atoms with Crippen molar-refractivity contribution in [2.45, 2.75) is 31.2 Å². The third kappa shape index (κ3) is 3.36. The zero-order chi connectivity index (χ0) is 14.6. The fourth-order valence-electron chi connectivity index (χ4n) is 1.64. The van der Waals surface area contributed by atoms with Crippen molar-refractivity contribution < 1.29 is 13.5 Å². The molecule has 6 nitrogen and oxygen atoms in total. The monoisotopic (exact) mass is 283 g/mol. The van der Waals surface area contributed by atoms with Crippen molar-refractivity contribution in [3.05, 3.63) is 18.2 Å². The van der Waals surface area contributed by atoms with Crippen molar-refractivity contribution in [1.29, 1.82) is 5.26 Å². The van der Waals surface area contributed by atoms with E-state index in [2.05, 4.69) is 0 Å². The highest BCUT2D eigenvalue weighted by Crippen LogP contribution is 2.26. The third-order valence-corrected chi connectivity index (χ3v) is 4.70. The zero-order valence-electron chi connectivity index (χ0n) is 10.9. The number of phenolic OH excluding ortho intramolecular Hbond substituents is 1. The molecule has 104 valence electrons. The smallest absolute Gasteiger partial charge is 0.243 e. The molecule has 7 heteroatoms. The molecule has 0 saturated carbocycles. The molecular formula is C12H17N3O3S. The minimum absolute atomic E-state index is 0.00469. The summed E-state index contributed by atoms with van der Waals surface area (Å²) in [5.41, 5.74) is 5.51. The van der Waals surface area contributed by atoms with Crippen LogP contribution in [-0.2, 0) is 10.0 Å². The first-order valence-electron chi connectivity index (χ1n) is 5.78. The molecule has 0 aliphatic heterocycles. The normalized spacial score (nSPS) is 11.7. The van der Waals surface area contributed by atoms with Crippen molar-refractivity contribution in [2.75, 3.05) is 12.3 Å². The van der Waals surface area contributed by atoms with Gasteiger partial charge in [0.2, 0.25) is 10.0 Å². The average Bonchev–Trinajstić information content (AvgIpc) is 2.32. The molecule has 0 aliphatic carbocycles. The molecule has 0 saturated heterocycles. The molecule has 0 atom stereocenters. The van der Waals surface area contributed by atoms with E-state index < -0.39 is 10.0 Å². The number of rotatable bonds is 5. The van der Waals surface area contributed by atoms with Crippen LogP contribution in [0.25, 0.3) is 0 Å². The number of nitrogens with two attached hydrogens (primary N) is 1. The van der Waals surface area contributed by atoms with Crippen LogP contribution < -0.4 is 5.73 Å². The predicted octanol–water partition coefficient (Wildman–Crippen LogP) is 1.29. The maximum Gasteiger partial charge on any atom is 0.243 e. The van der Waals surface area contributed by atoms with Crippen LogP contribution in [-0.4, -0.2) is 30.4 Å². The number of phenols is 1. The average molecular weight is 283 g/mol. The summed E-state index contributed by atoms with van der Waals surface area (Å²) >= 11 is 0. The lowest BCUT2D eigenvalue weighted by Crippen LogP contribution is -2.37. The maximum absolute atomic E-state index is 12.4. The Kier molecular flexibility index (Phi) is 4.75. The van der Waals surface area contributed by atoms with Crippen LogP contribution in [0.15, 0.2) is 23.1 Å². The molecule has 0 spiro atoms. The van der Waals surface area contributed by atoms with E-state index in [-0.39, 0.29) is 35.3 Å². The van der Waals surface area contributed by atoms with Gasteiger partial charge in [-0.05, 0) is 32.0 Å². The Hall–Kier alpha value is -1.78. The van der Waals surface area contributed by atoms with Crippen LogP contribution in [0.3, 0.4) is 0 Å². The molecule has 0 radical (unpaired) electrons. The van der Waals surface area contributed by atoms with Gasteiger partial charge in [-0.25, -0.2) is 8.42 Å². The van der Waals surface area contributed by atoms with Crippen LogP contribution in [0, 0.1) is 11.3 Å². The lowest BCUT2D eigenvalue weighted by molar-refractivity contribution is 0.360. The second-order valence-electron chi connectivity index (χ2n) is 4.34. The van der Waals surface area contributed by atoms with Gasteiger partial charge >= 0.3 is 0 Å². The molecule has 0 amide bonds. The summed E-state index contributed by atoms with van der Waals surface area (Å²) in [5, 5.41) is 17.9. The van der Waals surface area contributed by atoms with E-state index in [1.165, 1.54) is 22.5 Å². The van der Waals surface area contributed by atoms with Crippen molar-refractivity contribution in [3.8, 4) is 11.8 Å². The largest absolute Gasteiger partial charge is 0.506 e. The van der Waals surface area contributed by atoms with Gasteiger partial charge in [-0.3, -0.25) is 0 Å². The Morgan fingerprint density at radius 1 is 1.47 bits per heavy atom. The van der Waals surface area contributed by atoms with Crippen LogP contribution in [0.4, 0.5) is 5.69 Å². The SMILES string of the molecule is CC(C)N(CCC#N)S(=O)(=O)c1ccc(O)c(N)c1. The van der Waals surface area contributed by atoms with E-state index >= 15 is 0 Å². The molecule has 1 aromatic rings. The van der Waals surface area contributed by atoms with Gasteiger partial charge in [0, 0.05) is 19.0 Å². The standard InChI is InChI=1S/C12H17N3O3S/c1-9(2)15(7-3-6-13)19(17,18)10-4-5-12(16)11(14)8-10/h4-5,8-9,16H,3,7,14H2,1-2H3. The van der Waals surface area contributed by atoms with Crippen molar-refractivity contribution in [3.63, 3.8) is 0 Å². The Morgan fingerprint density at radius 2 is 2.11 bits per heavy atom. The van der Waals surface area contributed by atoms with Gasteiger partial charge in [0.05, 0.1) is 16.7 Å². The van der Waals surface area contributed by atoms with E-state index in [1.54, 1.807) is 13.8 Å². The third-order valence-electron chi connectivity index (χ3n) is 2.63. The molecule has 0 bridgehead atoms. The minimum atomic E-state index is -3.72. The topological polar surface area (TPSA) is 107 Å². The Bertz CT molecular complexity index is 591. The molecule has 0 unspecified atom stereocenters. The fraction of sp³-hybridized carbons (Fsp3) is 0.417. The zero-order valence-corrected chi connectivity index (χ0v) is 11.7. The van der Waals surface area contributed by atoms with Gasteiger partial charge in [-0.2, -0.15) is 9.57 Å². The van der Waals surface area contributed by atoms with Gasteiger partial charge in [-0.15, -0.1) is 0 Å². The van der Waals surface area contributed by atoms with Crippen LogP contribution >= 0.6 is 0 Å². The second kappa shape index (κ2) is 5.91. The number of nitriles is 1. The van der Waals surface area contributed by atoms with Gasteiger partial charge < -0.3 is 10.8 Å². The molecule has 0 aromatic heterocycles. The highest BCUT2D eigenvalue weighted by Gasteiger charge is 2.27. The lowest BCUT2D eigenvalue weighted by atomic mass is 10.3. The molecular weight excluding hydrogens is 266 g/mol. The van der Waals surface area contributed by atoms with Gasteiger partial charge in [0.1, 0.15) is 5.75 Å². The van der Waals surface area contributed by atoms with E-state index in [1.807, 2.05) is 6.07 Å². The minimum Gasteiger partial charge on any atom is -0.506 e. The van der Waals surface area contributed by atoms with Crippen molar-refractivity contribution >= 4 is 15.7 Å². The molecule has 3 N–H and O–H groups in total. The van der Waals surface area contributed by atoms with Crippen LogP contribution in [0.1, 0.15) is 20.3 Å². The first-order valence-corrected chi connectivity index (χ1v) is 7.22. The number of hydrogen-bond acceptors (Lipinski definition) is 5. The van der Waals surface area contributed by atoms with E-state index in [0.29, 0.717) is 0 Å². The summed E-state index contributed by atoms with van der Waals surface area (Å²) in [6, 6.07) is 5.41. The Morgan fingerprint density at radius 3 is 2.58 bits per heavy atom. The van der Waals surface area contributed by atoms with Gasteiger partial charge in [0.15, 0.2) is 0 Å². The number of benzene rings is 1. The summed E-state index contributed by atoms with van der Waals surface area (Å²) < 4.78 is 26.1. The number of aromatic hydroxyl groups is 1. The summed E-state index contributed by atoms with van der Waals surface area (Å²) in [6.45, 7) is 3.59. The summed E-state index contributed by atoms with van der Waals surface area (Å²) in [6.07, 6.45) is 0.116. The van der Waals surface area contributed by atoms with Crippen molar-refractivity contribution in [1.82, 2.24) is 4.31 Å². The first-order chi connectivity index (χ1) is 8.80. The Labute approximate surface area is 113 Å². The van der Waals surface area contributed by atoms with Crippen LogP contribution in [0.2, 0.25) is 0 Å². The lowest BCUT2D eigenvalue weighted by Gasteiger charge is -2.25. The molecule has 0 fully saturated rings. The highest BCUT2D eigenvalue weighted by atomic mass is 32.2.